The normalized spacial score (nSPS) is 11.8. The molecule has 0 radical (unpaired) electrons. The van der Waals surface area contributed by atoms with E-state index in [1.165, 1.54) is 17.0 Å². The molecule has 0 aliphatic rings. The Morgan fingerprint density at radius 3 is 2.33 bits per heavy atom. The number of halogens is 3. The fraction of sp³-hybridized carbons (Fsp3) is 0.414. The molecule has 0 fully saturated rings. The van der Waals surface area contributed by atoms with Crippen molar-refractivity contribution < 1.29 is 22.8 Å². The largest absolute Gasteiger partial charge is 0.416 e. The first-order valence-electron chi connectivity index (χ1n) is 12.9. The van der Waals surface area contributed by atoms with Crippen LogP contribution in [0.2, 0.25) is 0 Å². The summed E-state index contributed by atoms with van der Waals surface area (Å²) in [5, 5.41) is 10.1. The highest BCUT2D eigenvalue weighted by Gasteiger charge is 2.31. The summed E-state index contributed by atoms with van der Waals surface area (Å²) in [5.74, 6) is 0.0160. The second kappa shape index (κ2) is 11.9. The maximum atomic E-state index is 13.2. The van der Waals surface area contributed by atoms with Crippen LogP contribution in [0.15, 0.2) is 48.5 Å². The summed E-state index contributed by atoms with van der Waals surface area (Å²) >= 11 is 0. The summed E-state index contributed by atoms with van der Waals surface area (Å²) < 4.78 is 41.0. The van der Waals surface area contributed by atoms with Crippen molar-refractivity contribution in [3.8, 4) is 5.69 Å². The molecule has 3 rings (SSSR count). The van der Waals surface area contributed by atoms with E-state index in [-0.39, 0.29) is 24.2 Å². The number of anilines is 2. The molecule has 0 atom stereocenters. The summed E-state index contributed by atoms with van der Waals surface area (Å²) in [6, 6.07) is 11.5. The lowest BCUT2D eigenvalue weighted by Crippen LogP contribution is -2.41. The summed E-state index contributed by atoms with van der Waals surface area (Å²) in [5.41, 5.74) is 2.54. The molecule has 0 unspecified atom stereocenters. The molecule has 1 aromatic heterocycles. The maximum absolute atomic E-state index is 13.2. The van der Waals surface area contributed by atoms with Crippen molar-refractivity contribution in [2.75, 3.05) is 23.7 Å². The van der Waals surface area contributed by atoms with E-state index in [0.29, 0.717) is 12.2 Å². The van der Waals surface area contributed by atoms with Gasteiger partial charge in [0.25, 0.3) is 0 Å². The van der Waals surface area contributed by atoms with Crippen molar-refractivity contribution in [1.82, 2.24) is 14.7 Å². The predicted molar refractivity (Wildman–Crippen MR) is 147 cm³/mol. The standard InChI is InChI=1S/C29H36F3N5O2/c1-7-8-14-36(27(39)33-22-11-9-10-21(16-22)29(30,31)32)18-26(38)34-25-17-24(28(4,5)6)35-37(25)23-13-12-19(2)15-20(23)3/h9-13,15-17H,7-8,14,18H2,1-6H3,(H,33,39)(H,34,38). The molecule has 0 aliphatic heterocycles. The third-order valence-corrected chi connectivity index (χ3v) is 6.17. The van der Waals surface area contributed by atoms with E-state index in [0.717, 1.165) is 41.1 Å². The number of amides is 3. The van der Waals surface area contributed by atoms with E-state index in [9.17, 15) is 22.8 Å². The minimum atomic E-state index is -4.53. The number of nitrogens with zero attached hydrogens (tertiary/aromatic N) is 3. The fourth-order valence-electron chi connectivity index (χ4n) is 4.00. The molecule has 3 aromatic rings. The van der Waals surface area contributed by atoms with E-state index in [1.54, 1.807) is 4.68 Å². The molecule has 0 bridgehead atoms. The quantitative estimate of drug-likeness (QED) is 0.319. The van der Waals surface area contributed by atoms with Crippen molar-refractivity contribution >= 4 is 23.4 Å². The van der Waals surface area contributed by atoms with Gasteiger partial charge in [0.1, 0.15) is 12.4 Å². The molecule has 1 heterocycles. The van der Waals surface area contributed by atoms with Crippen LogP contribution in [0.3, 0.4) is 0 Å². The Balaban J connectivity index is 1.83. The Hall–Kier alpha value is -3.82. The second-order valence-electron chi connectivity index (χ2n) is 10.7. The van der Waals surface area contributed by atoms with Crippen molar-refractivity contribution in [2.45, 2.75) is 66.0 Å². The lowest BCUT2D eigenvalue weighted by Gasteiger charge is -2.23. The van der Waals surface area contributed by atoms with Gasteiger partial charge in [0.15, 0.2) is 0 Å². The zero-order valence-electron chi connectivity index (χ0n) is 23.2. The molecular weight excluding hydrogens is 507 g/mol. The fourth-order valence-corrected chi connectivity index (χ4v) is 4.00. The number of hydrogen-bond acceptors (Lipinski definition) is 3. The smallest absolute Gasteiger partial charge is 0.315 e. The van der Waals surface area contributed by atoms with Gasteiger partial charge in [-0.25, -0.2) is 9.48 Å². The molecule has 0 saturated carbocycles. The number of aryl methyl sites for hydroxylation is 2. The Morgan fingerprint density at radius 1 is 1.00 bits per heavy atom. The van der Waals surface area contributed by atoms with Crippen molar-refractivity contribution in [2.24, 2.45) is 0 Å². The third-order valence-electron chi connectivity index (χ3n) is 6.17. The topological polar surface area (TPSA) is 79.3 Å². The van der Waals surface area contributed by atoms with Gasteiger partial charge in [0, 0.05) is 23.7 Å². The summed E-state index contributed by atoms with van der Waals surface area (Å²) in [6.07, 6.45) is -3.14. The van der Waals surface area contributed by atoms with E-state index in [4.69, 9.17) is 5.10 Å². The minimum Gasteiger partial charge on any atom is -0.315 e. The van der Waals surface area contributed by atoms with Crippen LogP contribution < -0.4 is 10.6 Å². The van der Waals surface area contributed by atoms with E-state index in [1.807, 2.05) is 65.8 Å². The monoisotopic (exact) mass is 543 g/mol. The van der Waals surface area contributed by atoms with Crippen molar-refractivity contribution in [1.29, 1.82) is 0 Å². The number of unbranched alkanes of at least 4 members (excludes halogenated alkanes) is 1. The molecule has 0 spiro atoms. The van der Waals surface area contributed by atoms with Crippen LogP contribution >= 0.6 is 0 Å². The van der Waals surface area contributed by atoms with Crippen LogP contribution in [0.1, 0.15) is 62.9 Å². The van der Waals surface area contributed by atoms with Crippen LogP contribution in [-0.4, -0.2) is 39.7 Å². The maximum Gasteiger partial charge on any atom is 0.416 e. The van der Waals surface area contributed by atoms with Crippen LogP contribution in [0.4, 0.5) is 29.5 Å². The molecular formula is C29H36F3N5O2. The number of carbonyl (C=O) groups excluding carboxylic acids is 2. The molecule has 210 valence electrons. The average molecular weight is 544 g/mol. The third kappa shape index (κ3) is 7.84. The highest BCUT2D eigenvalue weighted by Crippen LogP contribution is 2.31. The number of aromatic nitrogens is 2. The average Bonchev–Trinajstić information content (AvgIpc) is 3.25. The van der Waals surface area contributed by atoms with Crippen LogP contribution in [-0.2, 0) is 16.4 Å². The molecule has 10 heteroatoms. The van der Waals surface area contributed by atoms with Gasteiger partial charge in [-0.15, -0.1) is 0 Å². The highest BCUT2D eigenvalue weighted by molar-refractivity contribution is 5.96. The Morgan fingerprint density at radius 2 is 1.72 bits per heavy atom. The Labute approximate surface area is 227 Å². The zero-order valence-corrected chi connectivity index (χ0v) is 23.2. The zero-order chi connectivity index (χ0) is 29.0. The first-order chi connectivity index (χ1) is 18.2. The number of rotatable bonds is 8. The second-order valence-corrected chi connectivity index (χ2v) is 10.7. The van der Waals surface area contributed by atoms with Crippen LogP contribution in [0.25, 0.3) is 5.69 Å². The molecule has 2 N–H and O–H groups in total. The summed E-state index contributed by atoms with van der Waals surface area (Å²) in [4.78, 5) is 27.5. The predicted octanol–water partition coefficient (Wildman–Crippen LogP) is 7.08. The van der Waals surface area contributed by atoms with E-state index in [2.05, 4.69) is 10.6 Å². The van der Waals surface area contributed by atoms with Gasteiger partial charge >= 0.3 is 12.2 Å². The number of alkyl halides is 3. The SMILES string of the molecule is CCCCN(CC(=O)Nc1cc(C(C)(C)C)nn1-c1ccc(C)cc1C)C(=O)Nc1cccc(C(F)(F)F)c1. The first kappa shape index (κ1) is 29.7. The first-order valence-corrected chi connectivity index (χ1v) is 12.9. The van der Waals surface area contributed by atoms with Crippen LogP contribution in [0, 0.1) is 13.8 Å². The number of urea groups is 1. The van der Waals surface area contributed by atoms with Gasteiger partial charge in [-0.2, -0.15) is 18.3 Å². The van der Waals surface area contributed by atoms with Gasteiger partial charge in [-0.05, 0) is 50.1 Å². The number of hydrogen-bond donors (Lipinski definition) is 2. The van der Waals surface area contributed by atoms with Gasteiger partial charge in [-0.3, -0.25) is 4.79 Å². The number of carbonyl (C=O) groups is 2. The van der Waals surface area contributed by atoms with E-state index >= 15 is 0 Å². The summed E-state index contributed by atoms with van der Waals surface area (Å²) in [7, 11) is 0. The van der Waals surface area contributed by atoms with Crippen LogP contribution in [0.5, 0.6) is 0 Å². The number of nitrogens with one attached hydrogen (secondary N) is 2. The van der Waals surface area contributed by atoms with Gasteiger partial charge in [-0.1, -0.05) is 57.9 Å². The van der Waals surface area contributed by atoms with Gasteiger partial charge in [0.05, 0.1) is 16.9 Å². The molecule has 7 nitrogen and oxygen atoms in total. The molecule has 0 saturated heterocycles. The van der Waals surface area contributed by atoms with E-state index < -0.39 is 23.7 Å². The Kier molecular flexibility index (Phi) is 9.09. The molecule has 2 aromatic carbocycles. The molecule has 39 heavy (non-hydrogen) atoms. The van der Waals surface area contributed by atoms with Gasteiger partial charge < -0.3 is 15.5 Å². The van der Waals surface area contributed by atoms with Gasteiger partial charge in [0.2, 0.25) is 5.91 Å². The summed E-state index contributed by atoms with van der Waals surface area (Å²) in [6.45, 7) is 12.0. The number of benzene rings is 2. The highest BCUT2D eigenvalue weighted by atomic mass is 19.4. The molecule has 3 amide bonds. The molecule has 0 aliphatic carbocycles. The van der Waals surface area contributed by atoms with Crippen molar-refractivity contribution in [3.63, 3.8) is 0 Å². The minimum absolute atomic E-state index is 0.000488. The van der Waals surface area contributed by atoms with Crippen molar-refractivity contribution in [3.05, 3.63) is 70.9 Å². The lowest BCUT2D eigenvalue weighted by atomic mass is 9.92. The lowest BCUT2D eigenvalue weighted by molar-refractivity contribution is -0.137. The Bertz CT molecular complexity index is 1330.